The molecule has 0 aromatic heterocycles. The summed E-state index contributed by atoms with van der Waals surface area (Å²) in [6, 6.07) is 10.3. The molecule has 3 fully saturated rings. The Morgan fingerprint density at radius 3 is 2.02 bits per heavy atom. The van der Waals surface area contributed by atoms with Crippen molar-refractivity contribution in [1.82, 2.24) is 9.80 Å². The third kappa shape index (κ3) is 15.3. The Kier molecular flexibility index (Phi) is 16.1. The van der Waals surface area contributed by atoms with Gasteiger partial charge in [0.05, 0.1) is 39.5 Å². The predicted molar refractivity (Wildman–Crippen MR) is 129 cm³/mol. The molecule has 0 bridgehead atoms. The summed E-state index contributed by atoms with van der Waals surface area (Å²) >= 11 is 0. The van der Waals surface area contributed by atoms with E-state index in [1.807, 2.05) is 23.1 Å². The Hall–Kier alpha value is -4.11. The first-order chi connectivity index (χ1) is 19.0. The summed E-state index contributed by atoms with van der Waals surface area (Å²) in [7, 11) is 0. The molecular formula is C20H32N6O14. The van der Waals surface area contributed by atoms with Gasteiger partial charge in [0.15, 0.2) is 0 Å². The van der Waals surface area contributed by atoms with E-state index < -0.39 is 15.3 Å². The molecule has 3 saturated heterocycles. The molecular weight excluding hydrogens is 548 g/mol. The molecule has 2 unspecified atom stereocenters. The summed E-state index contributed by atoms with van der Waals surface area (Å²) in [6.07, 6.45) is -0.366. The van der Waals surface area contributed by atoms with Crippen molar-refractivity contribution in [3.63, 3.8) is 0 Å². The molecule has 3 aliphatic rings. The van der Waals surface area contributed by atoms with Gasteiger partial charge in [0.25, 0.3) is 15.3 Å². The third-order valence-corrected chi connectivity index (χ3v) is 5.40. The highest BCUT2D eigenvalue weighted by atomic mass is 16.9. The van der Waals surface area contributed by atoms with Crippen LogP contribution in [-0.4, -0.2) is 131 Å². The SMILES string of the molecule is O=C(CN1CCOCC1)N1CCN(c2ccccc2)CC1OCC1COCO1.O=[N+]([O-])O.O=[N+]([O-])O.O=[N+]([O-])O. The molecule has 1 amide bonds. The number of hydrogen-bond acceptors (Lipinski definition) is 13. The lowest BCUT2D eigenvalue weighted by atomic mass is 10.2. The first-order valence-corrected chi connectivity index (χ1v) is 11.7. The largest absolute Gasteiger partial charge is 0.379 e. The fraction of sp³-hybridized carbons (Fsp3) is 0.650. The zero-order valence-corrected chi connectivity index (χ0v) is 21.3. The first-order valence-electron chi connectivity index (χ1n) is 11.7. The van der Waals surface area contributed by atoms with Gasteiger partial charge in [0.2, 0.25) is 5.91 Å². The van der Waals surface area contributed by atoms with Crippen molar-refractivity contribution >= 4 is 11.6 Å². The number of carbonyl (C=O) groups is 1. The number of anilines is 1. The van der Waals surface area contributed by atoms with Crippen LogP contribution in [-0.2, 0) is 23.7 Å². The number of benzene rings is 1. The highest BCUT2D eigenvalue weighted by Gasteiger charge is 2.33. The number of hydrogen-bond donors (Lipinski definition) is 3. The Labute approximate surface area is 227 Å². The van der Waals surface area contributed by atoms with Gasteiger partial charge >= 0.3 is 0 Å². The van der Waals surface area contributed by atoms with Crippen LogP contribution in [0.15, 0.2) is 30.3 Å². The van der Waals surface area contributed by atoms with Crippen LogP contribution in [0.2, 0.25) is 0 Å². The van der Waals surface area contributed by atoms with Crippen molar-refractivity contribution in [3.05, 3.63) is 60.7 Å². The lowest BCUT2D eigenvalue weighted by molar-refractivity contribution is -0.742. The van der Waals surface area contributed by atoms with Crippen molar-refractivity contribution < 1.29 is 54.6 Å². The number of morpholine rings is 1. The highest BCUT2D eigenvalue weighted by Crippen LogP contribution is 2.20. The minimum atomic E-state index is -1.50. The van der Waals surface area contributed by atoms with Crippen LogP contribution in [0, 0.1) is 30.3 Å². The van der Waals surface area contributed by atoms with Crippen LogP contribution >= 0.6 is 0 Å². The summed E-state index contributed by atoms with van der Waals surface area (Å²) in [5.41, 5.74) is 1.15. The van der Waals surface area contributed by atoms with E-state index in [0.717, 1.165) is 25.3 Å². The molecule has 0 spiro atoms. The summed E-state index contributed by atoms with van der Waals surface area (Å²) < 4.78 is 22.3. The van der Waals surface area contributed by atoms with Crippen molar-refractivity contribution in [1.29, 1.82) is 0 Å². The number of amides is 1. The maximum Gasteiger partial charge on any atom is 0.291 e. The van der Waals surface area contributed by atoms with Crippen LogP contribution in [0.4, 0.5) is 5.69 Å². The number of para-hydroxylation sites is 1. The monoisotopic (exact) mass is 580 g/mol. The molecule has 3 aliphatic heterocycles. The minimum absolute atomic E-state index is 0.0664. The standard InChI is InChI=1S/C20H29N3O5.3HNO3/c24-19(12-21-8-10-25-11-9-21)23-7-6-22(17-4-2-1-3-5-17)13-20(23)27-15-18-14-26-16-28-18;3*2-1(3)4/h1-5,18,20H,6-16H2;3*(H,2,3,4). The van der Waals surface area contributed by atoms with E-state index >= 15 is 0 Å². The molecule has 3 N–H and O–H groups in total. The van der Waals surface area contributed by atoms with Gasteiger partial charge in [-0.05, 0) is 12.1 Å². The fourth-order valence-corrected chi connectivity index (χ4v) is 3.78. The fourth-order valence-electron chi connectivity index (χ4n) is 3.78. The van der Waals surface area contributed by atoms with Crippen molar-refractivity contribution in [3.8, 4) is 0 Å². The topological polar surface area (TPSA) is 254 Å². The maximum atomic E-state index is 13.0. The number of rotatable bonds is 6. The number of ether oxygens (including phenoxy) is 4. The quantitative estimate of drug-likeness (QED) is 0.279. The zero-order valence-electron chi connectivity index (χ0n) is 21.3. The van der Waals surface area contributed by atoms with Gasteiger partial charge < -0.3 is 44.4 Å². The summed E-state index contributed by atoms with van der Waals surface area (Å²) in [5, 5.41) is 40.9. The average Bonchev–Trinajstić information content (AvgIpc) is 3.41. The molecule has 0 radical (unpaired) electrons. The van der Waals surface area contributed by atoms with Crippen LogP contribution in [0.3, 0.4) is 0 Å². The molecule has 20 heteroatoms. The Bertz CT molecular complexity index is 860. The smallest absolute Gasteiger partial charge is 0.291 e. The van der Waals surface area contributed by atoms with E-state index in [1.54, 1.807) is 0 Å². The predicted octanol–water partition coefficient (Wildman–Crippen LogP) is -0.660. The summed E-state index contributed by atoms with van der Waals surface area (Å²) in [5.74, 6) is 0.114. The maximum absolute atomic E-state index is 13.0. The minimum Gasteiger partial charge on any atom is -0.379 e. The van der Waals surface area contributed by atoms with Gasteiger partial charge in [-0.2, -0.15) is 0 Å². The molecule has 20 nitrogen and oxygen atoms in total. The highest BCUT2D eigenvalue weighted by molar-refractivity contribution is 5.79. The van der Waals surface area contributed by atoms with Gasteiger partial charge in [-0.15, -0.1) is 30.3 Å². The van der Waals surface area contributed by atoms with Crippen molar-refractivity contribution in [2.75, 3.05) is 77.4 Å². The molecule has 4 rings (SSSR count). The molecule has 1 aromatic rings. The number of nitrogens with zero attached hydrogens (tertiary/aromatic N) is 6. The average molecular weight is 581 g/mol. The third-order valence-electron chi connectivity index (χ3n) is 5.40. The van der Waals surface area contributed by atoms with E-state index in [4.69, 9.17) is 64.9 Å². The van der Waals surface area contributed by atoms with Gasteiger partial charge in [0, 0.05) is 31.9 Å². The lowest BCUT2D eigenvalue weighted by Gasteiger charge is -2.43. The van der Waals surface area contributed by atoms with E-state index in [2.05, 4.69) is 21.9 Å². The van der Waals surface area contributed by atoms with Crippen LogP contribution in [0.25, 0.3) is 0 Å². The van der Waals surface area contributed by atoms with Gasteiger partial charge in [-0.3, -0.25) is 9.69 Å². The zero-order chi connectivity index (χ0) is 29.9. The summed E-state index contributed by atoms with van der Waals surface area (Å²) in [4.78, 5) is 44.4. The Morgan fingerprint density at radius 1 is 0.925 bits per heavy atom. The number of piperazine rings is 1. The molecule has 2 atom stereocenters. The van der Waals surface area contributed by atoms with E-state index in [9.17, 15) is 4.79 Å². The molecule has 226 valence electrons. The van der Waals surface area contributed by atoms with E-state index in [-0.39, 0.29) is 18.2 Å². The Balaban J connectivity index is 0.000000567. The lowest BCUT2D eigenvalue weighted by Crippen LogP contribution is -2.59. The first kappa shape index (κ1) is 33.9. The molecule has 3 heterocycles. The number of carbonyl (C=O) groups excluding carboxylic acids is 1. The van der Waals surface area contributed by atoms with E-state index in [0.29, 0.717) is 52.9 Å². The molecule has 1 aromatic carbocycles. The van der Waals surface area contributed by atoms with Crippen molar-refractivity contribution in [2.45, 2.75) is 12.3 Å². The molecule has 40 heavy (non-hydrogen) atoms. The van der Waals surface area contributed by atoms with Gasteiger partial charge in [-0.1, -0.05) is 18.2 Å². The Morgan fingerprint density at radius 2 is 1.50 bits per heavy atom. The second-order valence-corrected chi connectivity index (χ2v) is 8.04. The van der Waals surface area contributed by atoms with Crippen LogP contribution in [0.1, 0.15) is 0 Å². The molecule has 0 aliphatic carbocycles. The van der Waals surface area contributed by atoms with Crippen LogP contribution in [0.5, 0.6) is 0 Å². The van der Waals surface area contributed by atoms with Crippen molar-refractivity contribution in [2.24, 2.45) is 0 Å². The normalized spacial score (nSPS) is 20.4. The van der Waals surface area contributed by atoms with Gasteiger partial charge in [-0.25, -0.2) is 0 Å². The second-order valence-electron chi connectivity index (χ2n) is 8.04. The van der Waals surface area contributed by atoms with Gasteiger partial charge in [0.1, 0.15) is 19.1 Å². The van der Waals surface area contributed by atoms with E-state index in [1.165, 1.54) is 0 Å². The molecule has 0 saturated carbocycles. The second kappa shape index (κ2) is 19.0. The summed E-state index contributed by atoms with van der Waals surface area (Å²) in [6.45, 7) is 6.75. The van der Waals surface area contributed by atoms with Crippen LogP contribution < -0.4 is 4.90 Å².